The number of hydrogen-bond donors (Lipinski definition) is 1. The zero-order valence-electron chi connectivity index (χ0n) is 9.90. The molecule has 5 nitrogen and oxygen atoms in total. The van der Waals surface area contributed by atoms with E-state index >= 15 is 0 Å². The van der Waals surface area contributed by atoms with Crippen LogP contribution in [0.1, 0.15) is 13.3 Å². The summed E-state index contributed by atoms with van der Waals surface area (Å²) in [6.45, 7) is 4.28. The van der Waals surface area contributed by atoms with Crippen LogP contribution in [0.15, 0.2) is 11.6 Å². The average molecular weight is 232 g/mol. The first-order chi connectivity index (χ1) is 7.68. The van der Waals surface area contributed by atoms with Gasteiger partial charge >= 0.3 is 5.97 Å². The van der Waals surface area contributed by atoms with Crippen LogP contribution in [0.5, 0.6) is 0 Å². The molecule has 0 aliphatic heterocycles. The van der Waals surface area contributed by atoms with Crippen molar-refractivity contribution in [1.82, 2.24) is 0 Å². The van der Waals surface area contributed by atoms with Crippen molar-refractivity contribution in [3.05, 3.63) is 11.6 Å². The first-order valence-corrected chi connectivity index (χ1v) is 5.23. The summed E-state index contributed by atoms with van der Waals surface area (Å²) in [5.74, 6) is -0.886. The molecule has 0 aromatic heterocycles. The molecule has 0 unspecified atom stereocenters. The fraction of sp³-hybridized carbons (Fsp3) is 0.727. The Morgan fingerprint density at radius 3 is 2.25 bits per heavy atom. The van der Waals surface area contributed by atoms with Crippen molar-refractivity contribution in [1.29, 1.82) is 0 Å². The van der Waals surface area contributed by atoms with Crippen molar-refractivity contribution in [3.63, 3.8) is 0 Å². The average Bonchev–Trinajstić information content (AvgIpc) is 2.26. The fourth-order valence-corrected chi connectivity index (χ4v) is 0.910. The highest BCUT2D eigenvalue weighted by Crippen LogP contribution is 1.95. The van der Waals surface area contributed by atoms with E-state index in [1.54, 1.807) is 20.1 Å². The lowest BCUT2D eigenvalue weighted by atomic mass is 10.2. The summed E-state index contributed by atoms with van der Waals surface area (Å²) in [7, 11) is 1.62. The Hall–Kier alpha value is -0.910. The molecule has 0 atom stereocenters. The van der Waals surface area contributed by atoms with E-state index in [4.69, 9.17) is 19.3 Å². The maximum absolute atomic E-state index is 10.4. The molecule has 0 aliphatic carbocycles. The smallest absolute Gasteiger partial charge is 0.330 e. The van der Waals surface area contributed by atoms with Crippen LogP contribution in [0.3, 0.4) is 0 Å². The highest BCUT2D eigenvalue weighted by molar-refractivity contribution is 5.85. The van der Waals surface area contributed by atoms with Crippen molar-refractivity contribution in [2.75, 3.05) is 40.1 Å². The van der Waals surface area contributed by atoms with Crippen molar-refractivity contribution < 1.29 is 24.1 Å². The van der Waals surface area contributed by atoms with E-state index in [1.165, 1.54) is 0 Å². The molecule has 16 heavy (non-hydrogen) atoms. The Labute approximate surface area is 96.0 Å². The number of carboxylic acids is 1. The minimum Gasteiger partial charge on any atom is -0.478 e. The molecule has 0 rings (SSSR count). The van der Waals surface area contributed by atoms with Gasteiger partial charge in [0.2, 0.25) is 0 Å². The third-order valence-corrected chi connectivity index (χ3v) is 1.85. The Bertz CT molecular complexity index is 212. The molecule has 0 fully saturated rings. The molecule has 0 bridgehead atoms. The van der Waals surface area contributed by atoms with Crippen LogP contribution in [0.2, 0.25) is 0 Å². The maximum atomic E-state index is 10.4. The maximum Gasteiger partial charge on any atom is 0.330 e. The quantitative estimate of drug-likeness (QED) is 0.451. The van der Waals surface area contributed by atoms with Crippen LogP contribution >= 0.6 is 0 Å². The largest absolute Gasteiger partial charge is 0.478 e. The second-order valence-electron chi connectivity index (χ2n) is 3.20. The van der Waals surface area contributed by atoms with E-state index in [0.717, 1.165) is 0 Å². The van der Waals surface area contributed by atoms with Gasteiger partial charge in [-0.15, -0.1) is 0 Å². The first kappa shape index (κ1) is 15.1. The van der Waals surface area contributed by atoms with E-state index in [9.17, 15) is 4.79 Å². The lowest BCUT2D eigenvalue weighted by Gasteiger charge is -2.04. The minimum atomic E-state index is -0.886. The number of carboxylic acid groups (broad SMARTS) is 1. The molecule has 0 heterocycles. The monoisotopic (exact) mass is 232 g/mol. The lowest BCUT2D eigenvalue weighted by Crippen LogP contribution is -2.08. The van der Waals surface area contributed by atoms with Crippen molar-refractivity contribution >= 4 is 5.97 Å². The van der Waals surface area contributed by atoms with Crippen LogP contribution in [0, 0.1) is 0 Å². The lowest BCUT2D eigenvalue weighted by molar-refractivity contribution is -0.132. The van der Waals surface area contributed by atoms with Gasteiger partial charge in [-0.3, -0.25) is 0 Å². The van der Waals surface area contributed by atoms with E-state index in [-0.39, 0.29) is 0 Å². The van der Waals surface area contributed by atoms with Gasteiger partial charge in [0, 0.05) is 12.7 Å². The highest BCUT2D eigenvalue weighted by atomic mass is 16.5. The van der Waals surface area contributed by atoms with Gasteiger partial charge in [-0.2, -0.15) is 0 Å². The zero-order chi connectivity index (χ0) is 12.2. The Morgan fingerprint density at radius 2 is 1.69 bits per heavy atom. The number of methoxy groups -OCH3 is 1. The Balaban J connectivity index is 3.21. The van der Waals surface area contributed by atoms with Gasteiger partial charge in [0.25, 0.3) is 0 Å². The Morgan fingerprint density at radius 1 is 1.12 bits per heavy atom. The van der Waals surface area contributed by atoms with Gasteiger partial charge in [-0.05, 0) is 13.3 Å². The van der Waals surface area contributed by atoms with E-state index < -0.39 is 5.97 Å². The molecule has 0 aromatic rings. The van der Waals surface area contributed by atoms with Gasteiger partial charge in [0.15, 0.2) is 0 Å². The number of ether oxygens (including phenoxy) is 3. The SMILES string of the molecule is COCCOCCOCCC=C(C)C(=O)O. The van der Waals surface area contributed by atoms with Gasteiger partial charge in [-0.25, -0.2) is 4.79 Å². The second kappa shape index (κ2) is 10.6. The molecule has 94 valence electrons. The van der Waals surface area contributed by atoms with Gasteiger partial charge in [0.1, 0.15) is 0 Å². The molecule has 0 aromatic carbocycles. The first-order valence-electron chi connectivity index (χ1n) is 5.23. The van der Waals surface area contributed by atoms with Crippen LogP contribution in [0.4, 0.5) is 0 Å². The van der Waals surface area contributed by atoms with Gasteiger partial charge in [0.05, 0.1) is 33.0 Å². The summed E-state index contributed by atoms with van der Waals surface area (Å²) >= 11 is 0. The molecule has 5 heteroatoms. The molecule has 1 N–H and O–H groups in total. The van der Waals surface area contributed by atoms with Gasteiger partial charge < -0.3 is 19.3 Å². The molecule has 0 amide bonds. The van der Waals surface area contributed by atoms with E-state index in [1.807, 2.05) is 0 Å². The normalized spacial score (nSPS) is 11.8. The van der Waals surface area contributed by atoms with Gasteiger partial charge in [-0.1, -0.05) is 6.08 Å². The number of carbonyl (C=O) groups is 1. The molecule has 0 aliphatic rings. The molecular weight excluding hydrogens is 212 g/mol. The summed E-state index contributed by atoms with van der Waals surface area (Å²) in [5.41, 5.74) is 0.347. The summed E-state index contributed by atoms with van der Waals surface area (Å²) in [6.07, 6.45) is 2.25. The van der Waals surface area contributed by atoms with E-state index in [0.29, 0.717) is 45.0 Å². The van der Waals surface area contributed by atoms with E-state index in [2.05, 4.69) is 0 Å². The second-order valence-corrected chi connectivity index (χ2v) is 3.20. The summed E-state index contributed by atoms with van der Waals surface area (Å²) in [4.78, 5) is 10.4. The molecule has 0 radical (unpaired) electrons. The highest BCUT2D eigenvalue weighted by Gasteiger charge is 1.97. The number of aliphatic carboxylic acids is 1. The van der Waals surface area contributed by atoms with Crippen LogP contribution in [-0.2, 0) is 19.0 Å². The molecule has 0 saturated carbocycles. The third kappa shape index (κ3) is 9.64. The summed E-state index contributed by atoms with van der Waals surface area (Å²) < 4.78 is 15.2. The molecular formula is C11H20O5. The summed E-state index contributed by atoms with van der Waals surface area (Å²) in [5, 5.41) is 8.56. The van der Waals surface area contributed by atoms with Crippen molar-refractivity contribution in [2.24, 2.45) is 0 Å². The topological polar surface area (TPSA) is 65.0 Å². The predicted octanol–water partition coefficient (Wildman–Crippen LogP) is 1.09. The predicted molar refractivity (Wildman–Crippen MR) is 59.5 cm³/mol. The third-order valence-electron chi connectivity index (χ3n) is 1.85. The number of rotatable bonds is 10. The summed E-state index contributed by atoms with van der Waals surface area (Å²) in [6, 6.07) is 0. The minimum absolute atomic E-state index is 0.347. The molecule has 0 saturated heterocycles. The fourth-order valence-electron chi connectivity index (χ4n) is 0.910. The standard InChI is InChI=1S/C11H20O5/c1-10(11(12)13)4-3-5-15-8-9-16-7-6-14-2/h4H,3,5-9H2,1-2H3,(H,12,13). The van der Waals surface area contributed by atoms with Crippen LogP contribution in [0.25, 0.3) is 0 Å². The zero-order valence-corrected chi connectivity index (χ0v) is 9.90. The van der Waals surface area contributed by atoms with Crippen LogP contribution in [-0.4, -0.2) is 51.2 Å². The van der Waals surface area contributed by atoms with Crippen molar-refractivity contribution in [3.8, 4) is 0 Å². The van der Waals surface area contributed by atoms with Crippen molar-refractivity contribution in [2.45, 2.75) is 13.3 Å². The Kier molecular flexibility index (Phi) is 10.00. The number of hydrogen-bond acceptors (Lipinski definition) is 4. The van der Waals surface area contributed by atoms with Crippen LogP contribution < -0.4 is 0 Å². The molecule has 0 spiro atoms.